The van der Waals surface area contributed by atoms with Gasteiger partial charge in [0, 0.05) is 0 Å². The SMILES string of the molecule is CC(=O)C[S+](C)C1CCCCC1. The number of carbonyl (C=O) groups is 1. The standard InChI is InChI=1S/C10H19OS/c1-9(11)8-12(2)10-6-4-3-5-7-10/h10H,3-8H2,1-2H3/q+1. The summed E-state index contributed by atoms with van der Waals surface area (Å²) in [4.78, 5) is 10.9. The molecule has 0 aromatic carbocycles. The van der Waals surface area contributed by atoms with Crippen LogP contribution in [0.4, 0.5) is 0 Å². The molecule has 1 saturated carbocycles. The van der Waals surface area contributed by atoms with Gasteiger partial charge in [0.25, 0.3) is 0 Å². The van der Waals surface area contributed by atoms with E-state index in [1.807, 2.05) is 0 Å². The highest BCUT2D eigenvalue weighted by atomic mass is 32.2. The fourth-order valence-electron chi connectivity index (χ4n) is 1.91. The van der Waals surface area contributed by atoms with Gasteiger partial charge in [-0.1, -0.05) is 6.42 Å². The van der Waals surface area contributed by atoms with E-state index in [0.717, 1.165) is 11.0 Å². The summed E-state index contributed by atoms with van der Waals surface area (Å²) in [6.45, 7) is 1.71. The minimum Gasteiger partial charge on any atom is -0.295 e. The summed E-state index contributed by atoms with van der Waals surface area (Å²) in [6.07, 6.45) is 9.19. The minimum absolute atomic E-state index is 0.364. The molecular weight excluding hydrogens is 168 g/mol. The van der Waals surface area contributed by atoms with Crippen LogP contribution in [-0.4, -0.2) is 23.0 Å². The number of rotatable bonds is 3. The molecule has 0 saturated heterocycles. The summed E-state index contributed by atoms with van der Waals surface area (Å²) in [5.41, 5.74) is 0. The average Bonchev–Trinajstić information content (AvgIpc) is 2.05. The van der Waals surface area contributed by atoms with Crippen molar-refractivity contribution in [2.45, 2.75) is 44.3 Å². The Morgan fingerprint density at radius 3 is 2.42 bits per heavy atom. The Morgan fingerprint density at radius 2 is 1.92 bits per heavy atom. The molecule has 1 nitrogen and oxygen atoms in total. The molecule has 1 unspecified atom stereocenters. The summed E-state index contributed by atoms with van der Waals surface area (Å²) < 4.78 is 0. The lowest BCUT2D eigenvalue weighted by Crippen LogP contribution is -2.28. The first-order valence-corrected chi connectivity index (χ1v) is 6.67. The van der Waals surface area contributed by atoms with Crippen molar-refractivity contribution in [3.05, 3.63) is 0 Å². The molecular formula is C10H19OS+. The van der Waals surface area contributed by atoms with Crippen molar-refractivity contribution in [3.63, 3.8) is 0 Å². The monoisotopic (exact) mass is 187 g/mol. The maximum Gasteiger partial charge on any atom is 0.178 e. The second-order valence-electron chi connectivity index (χ2n) is 3.80. The Hall–Kier alpha value is 0.0200. The maximum atomic E-state index is 10.9. The zero-order valence-electron chi connectivity index (χ0n) is 8.14. The van der Waals surface area contributed by atoms with Crippen LogP contribution in [0, 0.1) is 0 Å². The molecule has 1 aliphatic carbocycles. The first kappa shape index (κ1) is 10.1. The molecule has 0 spiro atoms. The molecule has 1 aliphatic rings. The van der Waals surface area contributed by atoms with Gasteiger partial charge in [-0.25, -0.2) is 0 Å². The topological polar surface area (TPSA) is 17.1 Å². The Balaban J connectivity index is 2.29. The first-order valence-electron chi connectivity index (χ1n) is 4.81. The van der Waals surface area contributed by atoms with Gasteiger partial charge in [0.05, 0.1) is 6.26 Å². The van der Waals surface area contributed by atoms with Gasteiger partial charge in [-0.15, -0.1) is 0 Å². The zero-order chi connectivity index (χ0) is 8.97. The molecule has 0 bridgehead atoms. The number of ketones is 1. The summed E-state index contributed by atoms with van der Waals surface area (Å²) in [5, 5.41) is 0.864. The third kappa shape index (κ3) is 3.18. The quantitative estimate of drug-likeness (QED) is 0.619. The van der Waals surface area contributed by atoms with Crippen molar-refractivity contribution >= 4 is 16.7 Å². The Morgan fingerprint density at radius 1 is 1.33 bits per heavy atom. The highest BCUT2D eigenvalue weighted by Crippen LogP contribution is 2.24. The fraction of sp³-hybridized carbons (Fsp3) is 0.900. The van der Waals surface area contributed by atoms with Crippen LogP contribution in [0.2, 0.25) is 0 Å². The van der Waals surface area contributed by atoms with Gasteiger partial charge >= 0.3 is 0 Å². The molecule has 12 heavy (non-hydrogen) atoms. The number of Topliss-reactive ketones (excluding diaryl/α,β-unsaturated/α-hetero) is 1. The first-order chi connectivity index (χ1) is 5.70. The molecule has 1 rings (SSSR count). The van der Waals surface area contributed by atoms with E-state index in [0.29, 0.717) is 16.7 Å². The van der Waals surface area contributed by atoms with Crippen molar-refractivity contribution in [2.75, 3.05) is 12.0 Å². The lowest BCUT2D eigenvalue weighted by atomic mass is 10.0. The van der Waals surface area contributed by atoms with Crippen LogP contribution in [0.3, 0.4) is 0 Å². The van der Waals surface area contributed by atoms with Gasteiger partial charge in [-0.2, -0.15) is 0 Å². The number of hydrogen-bond acceptors (Lipinski definition) is 1. The van der Waals surface area contributed by atoms with Gasteiger partial charge < -0.3 is 0 Å². The van der Waals surface area contributed by atoms with Crippen LogP contribution in [0.5, 0.6) is 0 Å². The van der Waals surface area contributed by atoms with E-state index in [4.69, 9.17) is 0 Å². The molecule has 0 heterocycles. The van der Waals surface area contributed by atoms with E-state index < -0.39 is 0 Å². The van der Waals surface area contributed by atoms with Crippen molar-refractivity contribution < 1.29 is 4.79 Å². The van der Waals surface area contributed by atoms with Crippen LogP contribution in [0.15, 0.2) is 0 Å². The third-order valence-corrected chi connectivity index (χ3v) is 5.02. The summed E-state index contributed by atoms with van der Waals surface area (Å²) in [5.74, 6) is 1.19. The van der Waals surface area contributed by atoms with Crippen molar-refractivity contribution in [3.8, 4) is 0 Å². The van der Waals surface area contributed by atoms with Crippen molar-refractivity contribution in [1.29, 1.82) is 0 Å². The lowest BCUT2D eigenvalue weighted by molar-refractivity contribution is -0.114. The van der Waals surface area contributed by atoms with E-state index in [1.54, 1.807) is 6.92 Å². The van der Waals surface area contributed by atoms with Crippen LogP contribution < -0.4 is 0 Å². The van der Waals surface area contributed by atoms with Gasteiger partial charge in [-0.05, 0) is 43.5 Å². The fourth-order valence-corrected chi connectivity index (χ4v) is 3.92. The highest BCUT2D eigenvalue weighted by Gasteiger charge is 2.28. The molecule has 0 aliphatic heterocycles. The average molecular weight is 187 g/mol. The summed E-state index contributed by atoms with van der Waals surface area (Å²) >= 11 is 0. The van der Waals surface area contributed by atoms with Gasteiger partial charge in [-0.3, -0.25) is 4.79 Å². The maximum absolute atomic E-state index is 10.9. The summed E-state index contributed by atoms with van der Waals surface area (Å²) in [6, 6.07) is 0. The molecule has 2 heteroatoms. The molecule has 0 N–H and O–H groups in total. The smallest absolute Gasteiger partial charge is 0.178 e. The van der Waals surface area contributed by atoms with E-state index in [2.05, 4.69) is 6.26 Å². The molecule has 1 atom stereocenters. The van der Waals surface area contributed by atoms with E-state index >= 15 is 0 Å². The zero-order valence-corrected chi connectivity index (χ0v) is 8.95. The Kier molecular flexibility index (Phi) is 4.13. The van der Waals surface area contributed by atoms with Crippen LogP contribution in [-0.2, 0) is 15.7 Å². The van der Waals surface area contributed by atoms with Crippen molar-refractivity contribution in [1.82, 2.24) is 0 Å². The minimum atomic E-state index is 0.364. The van der Waals surface area contributed by atoms with Gasteiger partial charge in [0.2, 0.25) is 0 Å². The molecule has 0 aromatic heterocycles. The highest BCUT2D eigenvalue weighted by molar-refractivity contribution is 7.97. The van der Waals surface area contributed by atoms with Gasteiger partial charge in [0.15, 0.2) is 11.5 Å². The normalized spacial score (nSPS) is 22.2. The molecule has 70 valence electrons. The predicted molar refractivity (Wildman–Crippen MR) is 55.7 cm³/mol. The Labute approximate surface area is 78.3 Å². The lowest BCUT2D eigenvalue weighted by Gasteiger charge is -2.19. The number of hydrogen-bond donors (Lipinski definition) is 0. The molecule has 0 radical (unpaired) electrons. The predicted octanol–water partition coefficient (Wildman–Crippen LogP) is 2.16. The van der Waals surface area contributed by atoms with E-state index in [9.17, 15) is 4.79 Å². The van der Waals surface area contributed by atoms with E-state index in [-0.39, 0.29) is 0 Å². The Bertz CT molecular complexity index is 150. The third-order valence-electron chi connectivity index (χ3n) is 2.55. The summed E-state index contributed by atoms with van der Waals surface area (Å²) in [7, 11) is 0.364. The second-order valence-corrected chi connectivity index (χ2v) is 6.13. The molecule has 0 amide bonds. The van der Waals surface area contributed by atoms with Crippen molar-refractivity contribution in [2.24, 2.45) is 0 Å². The van der Waals surface area contributed by atoms with Crippen LogP contribution >= 0.6 is 0 Å². The van der Waals surface area contributed by atoms with Gasteiger partial charge in [0.1, 0.15) is 5.25 Å². The van der Waals surface area contributed by atoms with Crippen LogP contribution in [0.1, 0.15) is 39.0 Å². The molecule has 0 aromatic rings. The van der Waals surface area contributed by atoms with E-state index in [1.165, 1.54) is 32.1 Å². The largest absolute Gasteiger partial charge is 0.295 e. The van der Waals surface area contributed by atoms with Crippen LogP contribution in [0.25, 0.3) is 0 Å². The molecule has 1 fully saturated rings. The second kappa shape index (κ2) is 4.90. The number of carbonyl (C=O) groups excluding carboxylic acids is 1.